The lowest BCUT2D eigenvalue weighted by Crippen LogP contribution is -2.18. The molecule has 1 N–H and O–H groups in total. The first-order valence-corrected chi connectivity index (χ1v) is 7.65. The highest BCUT2D eigenvalue weighted by atomic mass is 79.9. The summed E-state index contributed by atoms with van der Waals surface area (Å²) < 4.78 is 1.13. The molecule has 0 amide bonds. The Bertz CT molecular complexity index is 597. The maximum atomic E-state index is 6.04. The SMILES string of the molecule is Clc1ccc2c(c1)CCC2NCc1cccc(Br)c1. The highest BCUT2D eigenvalue weighted by molar-refractivity contribution is 9.10. The fourth-order valence-electron chi connectivity index (χ4n) is 2.69. The average Bonchev–Trinajstić information content (AvgIpc) is 2.78. The number of fused-ring (bicyclic) bond motifs is 1. The van der Waals surface area contributed by atoms with E-state index in [1.807, 2.05) is 6.07 Å². The molecule has 1 aliphatic rings. The summed E-state index contributed by atoms with van der Waals surface area (Å²) in [7, 11) is 0. The van der Waals surface area contributed by atoms with Crippen LogP contribution in [0.2, 0.25) is 5.02 Å². The van der Waals surface area contributed by atoms with Gasteiger partial charge in [-0.3, -0.25) is 0 Å². The molecule has 98 valence electrons. The molecule has 0 aromatic heterocycles. The summed E-state index contributed by atoms with van der Waals surface area (Å²) in [5.74, 6) is 0. The van der Waals surface area contributed by atoms with E-state index in [9.17, 15) is 0 Å². The monoisotopic (exact) mass is 335 g/mol. The number of halogens is 2. The Morgan fingerprint density at radius 2 is 2.11 bits per heavy atom. The van der Waals surface area contributed by atoms with Crippen molar-refractivity contribution in [3.63, 3.8) is 0 Å². The Kier molecular flexibility index (Phi) is 3.92. The largest absolute Gasteiger partial charge is 0.306 e. The molecule has 1 nitrogen and oxygen atoms in total. The summed E-state index contributed by atoms with van der Waals surface area (Å²) in [5.41, 5.74) is 4.09. The van der Waals surface area contributed by atoms with E-state index < -0.39 is 0 Å². The van der Waals surface area contributed by atoms with Crippen molar-refractivity contribution in [3.05, 3.63) is 68.7 Å². The van der Waals surface area contributed by atoms with Crippen molar-refractivity contribution in [2.24, 2.45) is 0 Å². The number of rotatable bonds is 3. The Labute approximate surface area is 127 Å². The summed E-state index contributed by atoms with van der Waals surface area (Å²) in [6, 6.07) is 15.1. The molecule has 0 aliphatic heterocycles. The van der Waals surface area contributed by atoms with Gasteiger partial charge in [0.1, 0.15) is 0 Å². The van der Waals surface area contributed by atoms with Gasteiger partial charge in [-0.1, -0.05) is 45.7 Å². The minimum absolute atomic E-state index is 0.450. The first-order valence-electron chi connectivity index (χ1n) is 6.48. The summed E-state index contributed by atoms with van der Waals surface area (Å²) in [5, 5.41) is 4.48. The zero-order chi connectivity index (χ0) is 13.2. The molecule has 2 aromatic rings. The Hall–Kier alpha value is -0.830. The van der Waals surface area contributed by atoms with Crippen LogP contribution >= 0.6 is 27.5 Å². The van der Waals surface area contributed by atoms with Gasteiger partial charge in [0.15, 0.2) is 0 Å². The number of hydrogen-bond donors (Lipinski definition) is 1. The van der Waals surface area contributed by atoms with Crippen molar-refractivity contribution in [1.82, 2.24) is 5.32 Å². The minimum Gasteiger partial charge on any atom is -0.306 e. The standard InChI is InChI=1S/C16H15BrClN/c17-13-3-1-2-11(8-13)10-19-16-7-4-12-9-14(18)5-6-15(12)16/h1-3,5-6,8-9,16,19H,4,7,10H2. The van der Waals surface area contributed by atoms with Crippen molar-refractivity contribution in [1.29, 1.82) is 0 Å². The molecule has 0 heterocycles. The highest BCUT2D eigenvalue weighted by Gasteiger charge is 2.21. The van der Waals surface area contributed by atoms with E-state index in [2.05, 4.69) is 57.6 Å². The summed E-state index contributed by atoms with van der Waals surface area (Å²) >= 11 is 9.54. The van der Waals surface area contributed by atoms with Crippen molar-refractivity contribution < 1.29 is 0 Å². The number of benzene rings is 2. The number of hydrogen-bond acceptors (Lipinski definition) is 1. The fraction of sp³-hybridized carbons (Fsp3) is 0.250. The first kappa shape index (κ1) is 13.2. The molecule has 3 heteroatoms. The van der Waals surface area contributed by atoms with Gasteiger partial charge in [0.2, 0.25) is 0 Å². The molecule has 0 bridgehead atoms. The van der Waals surface area contributed by atoms with E-state index in [0.717, 1.165) is 28.9 Å². The second-order valence-electron chi connectivity index (χ2n) is 4.95. The molecule has 0 spiro atoms. The van der Waals surface area contributed by atoms with Gasteiger partial charge in [0, 0.05) is 22.1 Å². The van der Waals surface area contributed by atoms with Crippen LogP contribution in [0.1, 0.15) is 29.2 Å². The second kappa shape index (κ2) is 5.66. The maximum Gasteiger partial charge on any atom is 0.0408 e. The zero-order valence-corrected chi connectivity index (χ0v) is 12.8. The summed E-state index contributed by atoms with van der Waals surface area (Å²) in [6.07, 6.45) is 2.27. The predicted molar refractivity (Wildman–Crippen MR) is 83.5 cm³/mol. The molecule has 0 radical (unpaired) electrons. The maximum absolute atomic E-state index is 6.04. The Balaban J connectivity index is 1.70. The van der Waals surface area contributed by atoms with Crippen LogP contribution in [-0.2, 0) is 13.0 Å². The molecular formula is C16H15BrClN. The van der Waals surface area contributed by atoms with Crippen molar-refractivity contribution in [2.45, 2.75) is 25.4 Å². The minimum atomic E-state index is 0.450. The van der Waals surface area contributed by atoms with Gasteiger partial charge in [0.25, 0.3) is 0 Å². The van der Waals surface area contributed by atoms with E-state index >= 15 is 0 Å². The van der Waals surface area contributed by atoms with Crippen LogP contribution in [0.25, 0.3) is 0 Å². The number of aryl methyl sites for hydroxylation is 1. The van der Waals surface area contributed by atoms with Crippen LogP contribution in [0.4, 0.5) is 0 Å². The van der Waals surface area contributed by atoms with Gasteiger partial charge in [0.05, 0.1) is 0 Å². The lowest BCUT2D eigenvalue weighted by Gasteiger charge is -2.14. The van der Waals surface area contributed by atoms with Gasteiger partial charge >= 0.3 is 0 Å². The molecule has 1 atom stereocenters. The Morgan fingerprint density at radius 1 is 1.21 bits per heavy atom. The van der Waals surface area contributed by atoms with E-state index in [1.165, 1.54) is 16.7 Å². The van der Waals surface area contributed by atoms with E-state index in [1.54, 1.807) is 0 Å². The molecular weight excluding hydrogens is 322 g/mol. The highest BCUT2D eigenvalue weighted by Crippen LogP contribution is 2.33. The van der Waals surface area contributed by atoms with Crippen LogP contribution < -0.4 is 5.32 Å². The van der Waals surface area contributed by atoms with Crippen LogP contribution in [0, 0.1) is 0 Å². The van der Waals surface area contributed by atoms with Gasteiger partial charge < -0.3 is 5.32 Å². The quantitative estimate of drug-likeness (QED) is 0.842. The van der Waals surface area contributed by atoms with Gasteiger partial charge in [-0.25, -0.2) is 0 Å². The van der Waals surface area contributed by atoms with E-state index in [-0.39, 0.29) is 0 Å². The van der Waals surface area contributed by atoms with Crippen molar-refractivity contribution in [2.75, 3.05) is 0 Å². The first-order chi connectivity index (χ1) is 9.22. The van der Waals surface area contributed by atoms with Gasteiger partial charge in [-0.15, -0.1) is 0 Å². The third-order valence-electron chi connectivity index (χ3n) is 3.62. The Morgan fingerprint density at radius 3 is 2.95 bits per heavy atom. The van der Waals surface area contributed by atoms with Crippen molar-refractivity contribution >= 4 is 27.5 Å². The molecule has 1 unspecified atom stereocenters. The number of nitrogens with one attached hydrogen (secondary N) is 1. The van der Waals surface area contributed by atoms with Crippen LogP contribution in [0.15, 0.2) is 46.9 Å². The third kappa shape index (κ3) is 3.02. The van der Waals surface area contributed by atoms with Crippen LogP contribution in [0.3, 0.4) is 0 Å². The average molecular weight is 337 g/mol. The molecule has 0 saturated carbocycles. The normalized spacial score (nSPS) is 17.5. The van der Waals surface area contributed by atoms with Crippen LogP contribution in [-0.4, -0.2) is 0 Å². The summed E-state index contributed by atoms with van der Waals surface area (Å²) in [4.78, 5) is 0. The van der Waals surface area contributed by atoms with E-state index in [4.69, 9.17) is 11.6 Å². The molecule has 0 saturated heterocycles. The molecule has 19 heavy (non-hydrogen) atoms. The van der Waals surface area contributed by atoms with Gasteiger partial charge in [-0.05, 0) is 53.8 Å². The van der Waals surface area contributed by atoms with Gasteiger partial charge in [-0.2, -0.15) is 0 Å². The molecule has 3 rings (SSSR count). The predicted octanol–water partition coefficient (Wildman–Crippen LogP) is 4.88. The van der Waals surface area contributed by atoms with E-state index in [0.29, 0.717) is 6.04 Å². The smallest absolute Gasteiger partial charge is 0.0408 e. The zero-order valence-electron chi connectivity index (χ0n) is 10.5. The summed E-state index contributed by atoms with van der Waals surface area (Å²) in [6.45, 7) is 0.895. The third-order valence-corrected chi connectivity index (χ3v) is 4.35. The van der Waals surface area contributed by atoms with Crippen LogP contribution in [0.5, 0.6) is 0 Å². The lowest BCUT2D eigenvalue weighted by molar-refractivity contribution is 0.530. The molecule has 2 aromatic carbocycles. The lowest BCUT2D eigenvalue weighted by atomic mass is 10.1. The fourth-order valence-corrected chi connectivity index (χ4v) is 3.33. The molecule has 0 fully saturated rings. The molecule has 1 aliphatic carbocycles. The van der Waals surface area contributed by atoms with Crippen molar-refractivity contribution in [3.8, 4) is 0 Å². The second-order valence-corrected chi connectivity index (χ2v) is 6.30. The topological polar surface area (TPSA) is 12.0 Å².